The van der Waals surface area contributed by atoms with Crippen LogP contribution < -0.4 is 11.1 Å². The summed E-state index contributed by atoms with van der Waals surface area (Å²) in [5.74, 6) is 0.845. The summed E-state index contributed by atoms with van der Waals surface area (Å²) in [6.07, 6.45) is 0. The quantitative estimate of drug-likeness (QED) is 0.832. The van der Waals surface area contributed by atoms with E-state index in [0.29, 0.717) is 11.4 Å². The van der Waals surface area contributed by atoms with Crippen molar-refractivity contribution in [2.24, 2.45) is 5.73 Å². The van der Waals surface area contributed by atoms with Crippen LogP contribution in [0.1, 0.15) is 27.4 Å². The van der Waals surface area contributed by atoms with Gasteiger partial charge >= 0.3 is 0 Å². The third-order valence-electron chi connectivity index (χ3n) is 3.18. The van der Waals surface area contributed by atoms with E-state index < -0.39 is 5.91 Å². The van der Waals surface area contributed by atoms with Crippen LogP contribution in [0.3, 0.4) is 0 Å². The molecule has 2 amide bonds. The largest absolute Gasteiger partial charge is 0.366 e. The molecular weight excluding hydrogens is 338 g/mol. The van der Waals surface area contributed by atoms with Gasteiger partial charge in [-0.25, -0.2) is 0 Å². The second-order valence-corrected chi connectivity index (χ2v) is 6.30. The first-order valence-electron chi connectivity index (χ1n) is 6.77. The standard InChI is InChI=1S/C15H16ClN3O3S/c1-8-12(9(2)22-19-8)6-23-7-14(20)18-10-3-4-13(16)11(5-10)15(17)21/h3-5H,6-7H2,1-2H3,(H2,17,21)(H,18,20). The summed E-state index contributed by atoms with van der Waals surface area (Å²) in [5.41, 5.74) is 7.71. The minimum atomic E-state index is -0.640. The van der Waals surface area contributed by atoms with Crippen molar-refractivity contribution in [2.45, 2.75) is 19.6 Å². The van der Waals surface area contributed by atoms with Crippen LogP contribution in [0.15, 0.2) is 22.7 Å². The summed E-state index contributed by atoms with van der Waals surface area (Å²) in [6.45, 7) is 3.71. The lowest BCUT2D eigenvalue weighted by atomic mass is 10.2. The summed E-state index contributed by atoms with van der Waals surface area (Å²) >= 11 is 7.32. The lowest BCUT2D eigenvalue weighted by Gasteiger charge is -2.07. The predicted octanol–water partition coefficient (Wildman–Crippen LogP) is 2.92. The number of hydrogen-bond acceptors (Lipinski definition) is 5. The molecule has 0 atom stereocenters. The zero-order valence-electron chi connectivity index (χ0n) is 12.7. The van der Waals surface area contributed by atoms with Crippen LogP contribution in [0.4, 0.5) is 5.69 Å². The Bertz CT molecular complexity index is 726. The van der Waals surface area contributed by atoms with Crippen molar-refractivity contribution in [1.29, 1.82) is 0 Å². The number of carbonyl (C=O) groups excluding carboxylic acids is 2. The van der Waals surface area contributed by atoms with Gasteiger partial charge in [0.15, 0.2) is 0 Å². The molecule has 1 heterocycles. The molecule has 0 spiro atoms. The van der Waals surface area contributed by atoms with Crippen LogP contribution in [-0.4, -0.2) is 22.7 Å². The summed E-state index contributed by atoms with van der Waals surface area (Å²) in [6, 6.07) is 4.60. The van der Waals surface area contributed by atoms with Crippen molar-refractivity contribution in [3.05, 3.63) is 45.8 Å². The van der Waals surface area contributed by atoms with Gasteiger partial charge in [-0.05, 0) is 32.0 Å². The highest BCUT2D eigenvalue weighted by atomic mass is 35.5. The van der Waals surface area contributed by atoms with Crippen LogP contribution >= 0.6 is 23.4 Å². The highest BCUT2D eigenvalue weighted by molar-refractivity contribution is 7.99. The molecule has 3 N–H and O–H groups in total. The van der Waals surface area contributed by atoms with Crippen molar-refractivity contribution in [3.8, 4) is 0 Å². The first-order valence-corrected chi connectivity index (χ1v) is 8.30. The monoisotopic (exact) mass is 353 g/mol. The zero-order valence-corrected chi connectivity index (χ0v) is 14.3. The molecule has 6 nitrogen and oxygen atoms in total. The van der Waals surface area contributed by atoms with Gasteiger partial charge in [0.05, 0.1) is 22.0 Å². The van der Waals surface area contributed by atoms with E-state index in [4.69, 9.17) is 21.9 Å². The Morgan fingerprint density at radius 2 is 2.13 bits per heavy atom. The Morgan fingerprint density at radius 1 is 1.39 bits per heavy atom. The summed E-state index contributed by atoms with van der Waals surface area (Å²) in [4.78, 5) is 23.2. The van der Waals surface area contributed by atoms with Gasteiger partial charge in [0, 0.05) is 17.0 Å². The molecule has 0 unspecified atom stereocenters. The fraction of sp³-hybridized carbons (Fsp3) is 0.267. The number of aryl methyl sites for hydroxylation is 2. The number of anilines is 1. The average Bonchev–Trinajstić information content (AvgIpc) is 2.80. The zero-order chi connectivity index (χ0) is 17.0. The smallest absolute Gasteiger partial charge is 0.250 e. The number of rotatable bonds is 6. The molecule has 0 fully saturated rings. The maximum atomic E-state index is 12.0. The number of aromatic nitrogens is 1. The van der Waals surface area contributed by atoms with Gasteiger partial charge in [0.2, 0.25) is 11.8 Å². The SMILES string of the molecule is Cc1noc(C)c1CSCC(=O)Nc1ccc(Cl)c(C(N)=O)c1. The summed E-state index contributed by atoms with van der Waals surface area (Å²) < 4.78 is 5.08. The molecule has 0 saturated carbocycles. The molecule has 0 saturated heterocycles. The van der Waals surface area contributed by atoms with Crippen molar-refractivity contribution < 1.29 is 14.1 Å². The Hall–Kier alpha value is -1.99. The van der Waals surface area contributed by atoms with Crippen LogP contribution in [0.25, 0.3) is 0 Å². The van der Waals surface area contributed by atoms with Gasteiger partial charge in [0.25, 0.3) is 0 Å². The number of primary amides is 1. The van der Waals surface area contributed by atoms with E-state index in [-0.39, 0.29) is 22.2 Å². The Balaban J connectivity index is 1.90. The lowest BCUT2D eigenvalue weighted by Crippen LogP contribution is -2.16. The number of thioether (sulfide) groups is 1. The number of carbonyl (C=O) groups is 2. The number of halogens is 1. The Labute approximate surface area is 142 Å². The third kappa shape index (κ3) is 4.49. The van der Waals surface area contributed by atoms with Gasteiger partial charge in [-0.3, -0.25) is 9.59 Å². The maximum Gasteiger partial charge on any atom is 0.250 e. The molecule has 122 valence electrons. The molecular formula is C15H16ClN3O3S. The second-order valence-electron chi connectivity index (χ2n) is 4.90. The van der Waals surface area contributed by atoms with E-state index in [0.717, 1.165) is 17.0 Å². The third-order valence-corrected chi connectivity index (χ3v) is 4.47. The van der Waals surface area contributed by atoms with Crippen LogP contribution in [0.5, 0.6) is 0 Å². The molecule has 1 aromatic heterocycles. The van der Waals surface area contributed by atoms with Crippen molar-refractivity contribution in [2.75, 3.05) is 11.1 Å². The van der Waals surface area contributed by atoms with E-state index in [1.807, 2.05) is 13.8 Å². The molecule has 0 aliphatic heterocycles. The van der Waals surface area contributed by atoms with E-state index in [9.17, 15) is 9.59 Å². The van der Waals surface area contributed by atoms with Crippen molar-refractivity contribution >= 4 is 40.9 Å². The van der Waals surface area contributed by atoms with Crippen molar-refractivity contribution in [1.82, 2.24) is 5.16 Å². The Kier molecular flexibility index (Phi) is 5.68. The van der Waals surface area contributed by atoms with Crippen LogP contribution in [-0.2, 0) is 10.5 Å². The molecule has 2 aromatic rings. The molecule has 0 bridgehead atoms. The fourth-order valence-electron chi connectivity index (χ4n) is 1.94. The van der Waals surface area contributed by atoms with Crippen LogP contribution in [0, 0.1) is 13.8 Å². The number of hydrogen-bond donors (Lipinski definition) is 2. The first-order chi connectivity index (χ1) is 10.9. The fourth-order valence-corrected chi connectivity index (χ4v) is 3.13. The average molecular weight is 354 g/mol. The molecule has 0 aliphatic rings. The van der Waals surface area contributed by atoms with Gasteiger partial charge in [0.1, 0.15) is 5.76 Å². The number of benzene rings is 1. The van der Waals surface area contributed by atoms with Gasteiger partial charge in [-0.15, -0.1) is 11.8 Å². The number of nitrogens with one attached hydrogen (secondary N) is 1. The van der Waals surface area contributed by atoms with Gasteiger partial charge in [-0.1, -0.05) is 16.8 Å². The highest BCUT2D eigenvalue weighted by Gasteiger charge is 2.12. The summed E-state index contributed by atoms with van der Waals surface area (Å²) in [7, 11) is 0. The minimum absolute atomic E-state index is 0.174. The van der Waals surface area contributed by atoms with E-state index in [1.165, 1.54) is 23.9 Å². The molecule has 2 rings (SSSR count). The number of amides is 2. The molecule has 23 heavy (non-hydrogen) atoms. The highest BCUT2D eigenvalue weighted by Crippen LogP contribution is 2.22. The topological polar surface area (TPSA) is 98.2 Å². The Morgan fingerprint density at radius 3 is 2.74 bits per heavy atom. The summed E-state index contributed by atoms with van der Waals surface area (Å²) in [5, 5.41) is 6.83. The van der Waals surface area contributed by atoms with E-state index in [1.54, 1.807) is 6.07 Å². The molecule has 0 aliphatic carbocycles. The van der Waals surface area contributed by atoms with E-state index in [2.05, 4.69) is 10.5 Å². The maximum absolute atomic E-state index is 12.0. The number of nitrogens with zero attached hydrogens (tertiary/aromatic N) is 1. The molecule has 1 aromatic carbocycles. The van der Waals surface area contributed by atoms with Crippen molar-refractivity contribution in [3.63, 3.8) is 0 Å². The first kappa shape index (κ1) is 17.4. The minimum Gasteiger partial charge on any atom is -0.366 e. The van der Waals surface area contributed by atoms with Crippen LogP contribution in [0.2, 0.25) is 5.02 Å². The second kappa shape index (κ2) is 7.52. The van der Waals surface area contributed by atoms with E-state index >= 15 is 0 Å². The van der Waals surface area contributed by atoms with Gasteiger partial charge < -0.3 is 15.6 Å². The molecule has 0 radical (unpaired) electrons. The normalized spacial score (nSPS) is 10.6. The number of nitrogens with two attached hydrogens (primary N) is 1. The predicted molar refractivity (Wildman–Crippen MR) is 90.7 cm³/mol. The lowest BCUT2D eigenvalue weighted by molar-refractivity contribution is -0.113. The van der Waals surface area contributed by atoms with Gasteiger partial charge in [-0.2, -0.15) is 0 Å². The molecule has 8 heteroatoms.